The van der Waals surface area contributed by atoms with Gasteiger partial charge < -0.3 is 15.1 Å². The zero-order valence-electron chi connectivity index (χ0n) is 16.0. The van der Waals surface area contributed by atoms with Crippen LogP contribution in [0, 0.1) is 11.3 Å². The molecule has 0 radical (unpaired) electrons. The molecule has 138 valence electrons. The van der Waals surface area contributed by atoms with Gasteiger partial charge in [-0.15, -0.1) is 0 Å². The van der Waals surface area contributed by atoms with Crippen LogP contribution >= 0.6 is 0 Å². The summed E-state index contributed by atoms with van der Waals surface area (Å²) in [5.41, 5.74) is 0.611. The fraction of sp³-hybridized carbons (Fsp3) is 0.950. The van der Waals surface area contributed by atoms with Crippen molar-refractivity contribution >= 4 is 5.96 Å². The van der Waals surface area contributed by atoms with Crippen molar-refractivity contribution in [2.45, 2.75) is 65.2 Å². The standard InChI is InChI=1S/C20H38N4/c1-3-12-23-13-8-18(16-23)15-22-19(21-4-2)24-14-11-20(17-24)9-6-5-7-10-20/h18H,3-17H2,1-2H3,(H,21,22). The number of nitrogens with zero attached hydrogens (tertiary/aromatic N) is 3. The van der Waals surface area contributed by atoms with Crippen molar-refractivity contribution in [3.63, 3.8) is 0 Å². The van der Waals surface area contributed by atoms with Gasteiger partial charge >= 0.3 is 0 Å². The predicted octanol–water partition coefficient (Wildman–Crippen LogP) is 3.34. The Morgan fingerprint density at radius 3 is 2.71 bits per heavy atom. The first-order chi connectivity index (χ1) is 11.7. The second-order valence-electron chi connectivity index (χ2n) is 8.38. The summed E-state index contributed by atoms with van der Waals surface area (Å²) in [7, 11) is 0. The van der Waals surface area contributed by atoms with Gasteiger partial charge in [-0.1, -0.05) is 26.2 Å². The van der Waals surface area contributed by atoms with Gasteiger partial charge in [-0.25, -0.2) is 0 Å². The number of likely N-dealkylation sites (tertiary alicyclic amines) is 2. The van der Waals surface area contributed by atoms with E-state index < -0.39 is 0 Å². The third kappa shape index (κ3) is 4.44. The number of aliphatic imine (C=N–C) groups is 1. The smallest absolute Gasteiger partial charge is 0.193 e. The Kier molecular flexibility index (Phi) is 6.43. The number of hydrogen-bond donors (Lipinski definition) is 1. The second-order valence-corrected chi connectivity index (χ2v) is 8.38. The molecule has 24 heavy (non-hydrogen) atoms. The lowest BCUT2D eigenvalue weighted by atomic mass is 9.73. The topological polar surface area (TPSA) is 30.9 Å². The van der Waals surface area contributed by atoms with E-state index in [0.29, 0.717) is 5.41 Å². The molecule has 1 atom stereocenters. The summed E-state index contributed by atoms with van der Waals surface area (Å²) < 4.78 is 0. The van der Waals surface area contributed by atoms with Crippen molar-refractivity contribution in [2.75, 3.05) is 45.8 Å². The van der Waals surface area contributed by atoms with Crippen LogP contribution in [-0.2, 0) is 0 Å². The van der Waals surface area contributed by atoms with Gasteiger partial charge in [0.2, 0.25) is 0 Å². The van der Waals surface area contributed by atoms with Crippen molar-refractivity contribution in [1.82, 2.24) is 15.1 Å². The Morgan fingerprint density at radius 2 is 1.96 bits per heavy atom. The normalized spacial score (nSPS) is 28.0. The first kappa shape index (κ1) is 18.0. The lowest BCUT2D eigenvalue weighted by Gasteiger charge is -2.33. The number of rotatable bonds is 5. The Labute approximate surface area is 149 Å². The third-order valence-corrected chi connectivity index (χ3v) is 6.40. The molecule has 2 saturated heterocycles. The van der Waals surface area contributed by atoms with E-state index in [1.807, 2.05) is 0 Å². The summed E-state index contributed by atoms with van der Waals surface area (Å²) in [5.74, 6) is 1.95. The van der Waals surface area contributed by atoms with Crippen LogP contribution in [0.25, 0.3) is 0 Å². The Morgan fingerprint density at radius 1 is 1.12 bits per heavy atom. The molecule has 3 rings (SSSR count). The van der Waals surface area contributed by atoms with Gasteiger partial charge in [0.15, 0.2) is 5.96 Å². The van der Waals surface area contributed by atoms with Crippen molar-refractivity contribution in [3.8, 4) is 0 Å². The molecule has 3 aliphatic rings. The summed E-state index contributed by atoms with van der Waals surface area (Å²) in [6, 6.07) is 0. The van der Waals surface area contributed by atoms with Gasteiger partial charge in [0.25, 0.3) is 0 Å². The van der Waals surface area contributed by atoms with E-state index in [2.05, 4.69) is 29.0 Å². The van der Waals surface area contributed by atoms with E-state index in [4.69, 9.17) is 4.99 Å². The molecule has 0 aromatic carbocycles. The summed E-state index contributed by atoms with van der Waals surface area (Å²) in [6.07, 6.45) is 11.2. The minimum absolute atomic E-state index is 0.611. The van der Waals surface area contributed by atoms with Gasteiger partial charge in [0, 0.05) is 32.7 Å². The van der Waals surface area contributed by atoms with Crippen LogP contribution in [0.1, 0.15) is 65.2 Å². The molecule has 2 heterocycles. The van der Waals surface area contributed by atoms with E-state index in [9.17, 15) is 0 Å². The van der Waals surface area contributed by atoms with Crippen molar-refractivity contribution in [2.24, 2.45) is 16.3 Å². The minimum Gasteiger partial charge on any atom is -0.357 e. The van der Waals surface area contributed by atoms with Crippen LogP contribution in [0.2, 0.25) is 0 Å². The number of hydrogen-bond acceptors (Lipinski definition) is 2. The van der Waals surface area contributed by atoms with Gasteiger partial charge in [-0.05, 0) is 63.5 Å². The van der Waals surface area contributed by atoms with Gasteiger partial charge in [-0.3, -0.25) is 4.99 Å². The van der Waals surface area contributed by atoms with Crippen molar-refractivity contribution < 1.29 is 0 Å². The molecule has 2 aliphatic heterocycles. The van der Waals surface area contributed by atoms with Crippen LogP contribution in [0.5, 0.6) is 0 Å². The van der Waals surface area contributed by atoms with Crippen molar-refractivity contribution in [3.05, 3.63) is 0 Å². The zero-order chi connectivity index (χ0) is 16.8. The second kappa shape index (κ2) is 8.55. The molecule has 0 aromatic heterocycles. The summed E-state index contributed by atoms with van der Waals surface area (Å²) in [5, 5.41) is 3.57. The molecule has 1 spiro atoms. The first-order valence-electron chi connectivity index (χ1n) is 10.5. The highest BCUT2D eigenvalue weighted by atomic mass is 15.3. The molecular formula is C20H38N4. The summed E-state index contributed by atoms with van der Waals surface area (Å²) in [6.45, 7) is 12.7. The van der Waals surface area contributed by atoms with Crippen molar-refractivity contribution in [1.29, 1.82) is 0 Å². The zero-order valence-corrected chi connectivity index (χ0v) is 16.0. The molecule has 1 N–H and O–H groups in total. The highest BCUT2D eigenvalue weighted by molar-refractivity contribution is 5.80. The average molecular weight is 335 g/mol. The molecule has 0 amide bonds. The van der Waals surface area contributed by atoms with E-state index in [1.54, 1.807) is 0 Å². The van der Waals surface area contributed by atoms with Crippen LogP contribution in [0.15, 0.2) is 4.99 Å². The highest BCUT2D eigenvalue weighted by Gasteiger charge is 2.39. The third-order valence-electron chi connectivity index (χ3n) is 6.40. The number of nitrogens with one attached hydrogen (secondary N) is 1. The lowest BCUT2D eigenvalue weighted by molar-refractivity contribution is 0.203. The molecule has 1 saturated carbocycles. The maximum Gasteiger partial charge on any atom is 0.193 e. The van der Waals surface area contributed by atoms with Crippen LogP contribution in [-0.4, -0.2) is 61.6 Å². The first-order valence-corrected chi connectivity index (χ1v) is 10.5. The Hall–Kier alpha value is -0.770. The molecule has 1 aliphatic carbocycles. The molecule has 4 heteroatoms. The molecule has 3 fully saturated rings. The number of guanidine groups is 1. The van der Waals surface area contributed by atoms with Gasteiger partial charge in [0.1, 0.15) is 0 Å². The summed E-state index contributed by atoms with van der Waals surface area (Å²) in [4.78, 5) is 10.2. The predicted molar refractivity (Wildman–Crippen MR) is 103 cm³/mol. The molecule has 4 nitrogen and oxygen atoms in total. The quantitative estimate of drug-likeness (QED) is 0.618. The fourth-order valence-electron chi connectivity index (χ4n) is 5.05. The maximum absolute atomic E-state index is 5.05. The Bertz CT molecular complexity index is 414. The van der Waals surface area contributed by atoms with Crippen LogP contribution < -0.4 is 5.32 Å². The highest BCUT2D eigenvalue weighted by Crippen LogP contribution is 2.43. The monoisotopic (exact) mass is 334 g/mol. The molecular weight excluding hydrogens is 296 g/mol. The van der Waals surface area contributed by atoms with E-state index in [1.165, 1.54) is 90.0 Å². The van der Waals surface area contributed by atoms with Crippen LogP contribution in [0.4, 0.5) is 0 Å². The minimum atomic E-state index is 0.611. The molecule has 0 aromatic rings. The maximum atomic E-state index is 5.05. The Balaban J connectivity index is 1.54. The van der Waals surface area contributed by atoms with E-state index in [-0.39, 0.29) is 0 Å². The SMILES string of the molecule is CCCN1CCC(CN=C(NCC)N2CCC3(CCCCC3)C2)C1. The largest absolute Gasteiger partial charge is 0.357 e. The lowest BCUT2D eigenvalue weighted by Crippen LogP contribution is -2.42. The summed E-state index contributed by atoms with van der Waals surface area (Å²) >= 11 is 0. The fourth-order valence-corrected chi connectivity index (χ4v) is 5.05. The van der Waals surface area contributed by atoms with Gasteiger partial charge in [-0.2, -0.15) is 0 Å². The average Bonchev–Trinajstić information content (AvgIpc) is 3.20. The van der Waals surface area contributed by atoms with Crippen LogP contribution in [0.3, 0.4) is 0 Å². The molecule has 1 unspecified atom stereocenters. The molecule has 0 bridgehead atoms. The van der Waals surface area contributed by atoms with Gasteiger partial charge in [0.05, 0.1) is 0 Å². The van der Waals surface area contributed by atoms with E-state index >= 15 is 0 Å². The van der Waals surface area contributed by atoms with E-state index in [0.717, 1.165) is 19.0 Å².